The van der Waals surface area contributed by atoms with Gasteiger partial charge in [-0.05, 0) is 18.2 Å². The first kappa shape index (κ1) is 13.8. The molecule has 1 amide bonds. The second kappa shape index (κ2) is 6.54. The van der Waals surface area contributed by atoms with Crippen LogP contribution >= 0.6 is 0 Å². The molecule has 2 N–H and O–H groups in total. The summed E-state index contributed by atoms with van der Waals surface area (Å²) in [4.78, 5) is 15.7. The van der Waals surface area contributed by atoms with Crippen molar-refractivity contribution in [3.63, 3.8) is 0 Å². The first-order chi connectivity index (χ1) is 9.16. The van der Waals surface area contributed by atoms with Crippen LogP contribution in [0.4, 0.5) is 5.69 Å². The number of nitrogens with two attached hydrogens (primary N) is 1. The van der Waals surface area contributed by atoms with E-state index in [9.17, 15) is 4.79 Å². The average Bonchev–Trinajstić information content (AvgIpc) is 2.46. The molecule has 19 heavy (non-hydrogen) atoms. The minimum atomic E-state index is -0.386. The monoisotopic (exact) mass is 263 g/mol. The summed E-state index contributed by atoms with van der Waals surface area (Å²) in [7, 11) is 2.03. The highest BCUT2D eigenvalue weighted by Crippen LogP contribution is 2.14. The van der Waals surface area contributed by atoms with E-state index in [4.69, 9.17) is 10.5 Å². The molecule has 1 fully saturated rings. The van der Waals surface area contributed by atoms with E-state index in [2.05, 4.69) is 9.80 Å². The van der Waals surface area contributed by atoms with Crippen LogP contribution in [-0.2, 0) is 4.74 Å². The van der Waals surface area contributed by atoms with E-state index in [1.165, 1.54) is 0 Å². The lowest BCUT2D eigenvalue weighted by molar-refractivity contribution is 0.0393. The Balaban J connectivity index is 1.89. The Morgan fingerprint density at radius 1 is 1.42 bits per heavy atom. The number of carbonyl (C=O) groups is 1. The maximum atomic E-state index is 11.2. The van der Waals surface area contributed by atoms with Crippen molar-refractivity contribution in [1.29, 1.82) is 0 Å². The fourth-order valence-electron chi connectivity index (χ4n) is 2.14. The van der Waals surface area contributed by atoms with Crippen LogP contribution in [0, 0.1) is 0 Å². The second-order valence-corrected chi connectivity index (χ2v) is 4.79. The molecule has 1 aromatic carbocycles. The van der Waals surface area contributed by atoms with E-state index in [1.54, 1.807) is 6.07 Å². The summed E-state index contributed by atoms with van der Waals surface area (Å²) < 4.78 is 5.33. The lowest BCUT2D eigenvalue weighted by atomic mass is 10.2. The van der Waals surface area contributed by atoms with Gasteiger partial charge in [0, 0.05) is 44.5 Å². The summed E-state index contributed by atoms with van der Waals surface area (Å²) >= 11 is 0. The molecule has 5 nitrogen and oxygen atoms in total. The highest BCUT2D eigenvalue weighted by atomic mass is 16.5. The molecule has 0 bridgehead atoms. The van der Waals surface area contributed by atoms with Crippen molar-refractivity contribution in [3.8, 4) is 0 Å². The first-order valence-corrected chi connectivity index (χ1v) is 6.58. The largest absolute Gasteiger partial charge is 0.379 e. The maximum Gasteiger partial charge on any atom is 0.248 e. The molecule has 2 rings (SSSR count). The summed E-state index contributed by atoms with van der Waals surface area (Å²) in [5.41, 5.74) is 6.86. The number of nitrogens with zero attached hydrogens (tertiary/aromatic N) is 2. The summed E-state index contributed by atoms with van der Waals surface area (Å²) in [5, 5.41) is 0. The van der Waals surface area contributed by atoms with Crippen LogP contribution in [-0.4, -0.2) is 57.2 Å². The standard InChI is InChI=1S/C14H21N3O2/c1-16(5-6-17-7-9-19-10-8-17)13-4-2-3-12(11-13)14(15)18/h2-4,11H,5-10H2,1H3,(H2,15,18). The number of primary amides is 1. The molecule has 104 valence electrons. The quantitative estimate of drug-likeness (QED) is 0.843. The zero-order valence-electron chi connectivity index (χ0n) is 11.3. The van der Waals surface area contributed by atoms with Crippen molar-refractivity contribution >= 4 is 11.6 Å². The molecular formula is C14H21N3O2. The number of benzene rings is 1. The number of ether oxygens (including phenoxy) is 1. The number of likely N-dealkylation sites (N-methyl/N-ethyl adjacent to an activating group) is 1. The topological polar surface area (TPSA) is 58.8 Å². The maximum absolute atomic E-state index is 11.2. The molecule has 1 aliphatic rings. The van der Waals surface area contributed by atoms with Crippen molar-refractivity contribution in [2.45, 2.75) is 0 Å². The van der Waals surface area contributed by atoms with Crippen LogP contribution in [0.2, 0.25) is 0 Å². The van der Waals surface area contributed by atoms with Gasteiger partial charge in [0.1, 0.15) is 0 Å². The van der Waals surface area contributed by atoms with E-state index in [1.807, 2.05) is 25.2 Å². The zero-order valence-corrected chi connectivity index (χ0v) is 11.3. The van der Waals surface area contributed by atoms with Crippen molar-refractivity contribution in [1.82, 2.24) is 4.90 Å². The predicted octanol–water partition coefficient (Wildman–Crippen LogP) is 0.554. The number of hydrogen-bond donors (Lipinski definition) is 1. The number of morpholine rings is 1. The van der Waals surface area contributed by atoms with Gasteiger partial charge < -0.3 is 15.4 Å². The predicted molar refractivity (Wildman–Crippen MR) is 75.5 cm³/mol. The Morgan fingerprint density at radius 2 is 2.16 bits per heavy atom. The number of hydrogen-bond acceptors (Lipinski definition) is 4. The minimum Gasteiger partial charge on any atom is -0.379 e. The fourth-order valence-corrected chi connectivity index (χ4v) is 2.14. The Hall–Kier alpha value is -1.59. The van der Waals surface area contributed by atoms with Crippen molar-refractivity contribution in [2.75, 3.05) is 51.3 Å². The van der Waals surface area contributed by atoms with Gasteiger partial charge in [-0.25, -0.2) is 0 Å². The molecule has 0 aromatic heterocycles. The Labute approximate surface area is 113 Å². The van der Waals surface area contributed by atoms with Gasteiger partial charge in [0.2, 0.25) is 5.91 Å². The summed E-state index contributed by atoms with van der Waals surface area (Å²) in [6, 6.07) is 7.43. The summed E-state index contributed by atoms with van der Waals surface area (Å²) in [6.45, 7) is 5.55. The van der Waals surface area contributed by atoms with Gasteiger partial charge >= 0.3 is 0 Å². The van der Waals surface area contributed by atoms with Gasteiger partial charge in [-0.2, -0.15) is 0 Å². The number of amides is 1. The van der Waals surface area contributed by atoms with E-state index in [0.29, 0.717) is 5.56 Å². The van der Waals surface area contributed by atoms with E-state index < -0.39 is 0 Å². The molecule has 1 heterocycles. The molecule has 0 aliphatic carbocycles. The molecule has 1 aromatic rings. The number of anilines is 1. The Morgan fingerprint density at radius 3 is 2.84 bits per heavy atom. The van der Waals surface area contributed by atoms with Crippen LogP contribution in [0.15, 0.2) is 24.3 Å². The van der Waals surface area contributed by atoms with Crippen molar-refractivity contribution in [3.05, 3.63) is 29.8 Å². The van der Waals surface area contributed by atoms with Crippen molar-refractivity contribution < 1.29 is 9.53 Å². The third-order valence-corrected chi connectivity index (χ3v) is 3.43. The highest BCUT2D eigenvalue weighted by Gasteiger charge is 2.11. The van der Waals surface area contributed by atoms with Gasteiger partial charge in [0.05, 0.1) is 13.2 Å². The molecule has 0 radical (unpaired) electrons. The van der Waals surface area contributed by atoms with Gasteiger partial charge in [-0.15, -0.1) is 0 Å². The van der Waals surface area contributed by atoms with Crippen LogP contribution in [0.1, 0.15) is 10.4 Å². The van der Waals surface area contributed by atoms with Crippen LogP contribution in [0.25, 0.3) is 0 Å². The van der Waals surface area contributed by atoms with Crippen molar-refractivity contribution in [2.24, 2.45) is 5.73 Å². The Kier molecular flexibility index (Phi) is 4.76. The summed E-state index contributed by atoms with van der Waals surface area (Å²) in [6.07, 6.45) is 0. The SMILES string of the molecule is CN(CCN1CCOCC1)c1cccc(C(N)=O)c1. The highest BCUT2D eigenvalue weighted by molar-refractivity contribution is 5.93. The molecular weight excluding hydrogens is 242 g/mol. The lowest BCUT2D eigenvalue weighted by Crippen LogP contribution is -2.40. The lowest BCUT2D eigenvalue weighted by Gasteiger charge is -2.29. The summed E-state index contributed by atoms with van der Waals surface area (Å²) in [5.74, 6) is -0.386. The molecule has 0 atom stereocenters. The smallest absolute Gasteiger partial charge is 0.248 e. The minimum absolute atomic E-state index is 0.386. The first-order valence-electron chi connectivity index (χ1n) is 6.58. The molecule has 0 spiro atoms. The fraction of sp³-hybridized carbons (Fsp3) is 0.500. The van der Waals surface area contributed by atoms with Crippen LogP contribution in [0.3, 0.4) is 0 Å². The molecule has 0 unspecified atom stereocenters. The zero-order chi connectivity index (χ0) is 13.7. The van der Waals surface area contributed by atoms with E-state index >= 15 is 0 Å². The normalized spacial score (nSPS) is 16.3. The van der Waals surface area contributed by atoms with Gasteiger partial charge in [0.15, 0.2) is 0 Å². The van der Waals surface area contributed by atoms with E-state index in [0.717, 1.165) is 45.1 Å². The molecule has 5 heteroatoms. The van der Waals surface area contributed by atoms with Crippen LogP contribution in [0.5, 0.6) is 0 Å². The molecule has 1 saturated heterocycles. The average molecular weight is 263 g/mol. The van der Waals surface area contributed by atoms with Gasteiger partial charge in [0.25, 0.3) is 0 Å². The van der Waals surface area contributed by atoms with E-state index in [-0.39, 0.29) is 5.91 Å². The number of rotatable bonds is 5. The van der Waals surface area contributed by atoms with Gasteiger partial charge in [-0.1, -0.05) is 6.07 Å². The third-order valence-electron chi connectivity index (χ3n) is 3.43. The molecule has 0 saturated carbocycles. The Bertz CT molecular complexity index is 430. The second-order valence-electron chi connectivity index (χ2n) is 4.79. The molecule has 1 aliphatic heterocycles. The van der Waals surface area contributed by atoms with Gasteiger partial charge in [-0.3, -0.25) is 9.69 Å². The number of carbonyl (C=O) groups excluding carboxylic acids is 1. The van der Waals surface area contributed by atoms with Crippen LogP contribution < -0.4 is 10.6 Å². The third kappa shape index (κ3) is 3.94.